The van der Waals surface area contributed by atoms with Crippen molar-refractivity contribution in [3.63, 3.8) is 0 Å². The summed E-state index contributed by atoms with van der Waals surface area (Å²) in [4.78, 5) is 4.54. The Balaban J connectivity index is 2.29. The summed E-state index contributed by atoms with van der Waals surface area (Å²) in [5, 5.41) is 3.59. The topological polar surface area (TPSA) is 39.1 Å². The van der Waals surface area contributed by atoms with Gasteiger partial charge in [0.05, 0.1) is 29.3 Å². The second kappa shape index (κ2) is 4.91. The SMILES string of the molecule is CCNC(c1cn(C)cn1)C1CC(C)(C)OC1(C)C. The highest BCUT2D eigenvalue weighted by atomic mass is 16.5. The molecule has 1 fully saturated rings. The molecule has 0 aromatic carbocycles. The van der Waals surface area contributed by atoms with E-state index >= 15 is 0 Å². The van der Waals surface area contributed by atoms with Gasteiger partial charge in [-0.15, -0.1) is 0 Å². The Labute approximate surface area is 116 Å². The van der Waals surface area contributed by atoms with Gasteiger partial charge in [0.2, 0.25) is 0 Å². The molecule has 0 amide bonds. The van der Waals surface area contributed by atoms with Crippen LogP contribution in [0.15, 0.2) is 12.5 Å². The third-order valence-corrected chi connectivity index (χ3v) is 4.01. The van der Waals surface area contributed by atoms with Gasteiger partial charge in [-0.3, -0.25) is 0 Å². The van der Waals surface area contributed by atoms with Crippen molar-refractivity contribution >= 4 is 0 Å². The smallest absolute Gasteiger partial charge is 0.0947 e. The summed E-state index contributed by atoms with van der Waals surface area (Å²) in [6, 6.07) is 0.253. The average Bonchev–Trinajstić information content (AvgIpc) is 2.76. The maximum atomic E-state index is 6.23. The molecule has 0 bridgehead atoms. The second-order valence-corrected chi connectivity index (χ2v) is 6.78. The van der Waals surface area contributed by atoms with Crippen LogP contribution in [0.25, 0.3) is 0 Å². The number of nitrogens with one attached hydrogen (secondary N) is 1. The summed E-state index contributed by atoms with van der Waals surface area (Å²) in [7, 11) is 2.01. The number of nitrogens with zero attached hydrogens (tertiary/aromatic N) is 2. The van der Waals surface area contributed by atoms with E-state index in [0.717, 1.165) is 18.7 Å². The van der Waals surface area contributed by atoms with Crippen LogP contribution in [0.2, 0.25) is 0 Å². The van der Waals surface area contributed by atoms with Gasteiger partial charge in [-0.2, -0.15) is 0 Å². The van der Waals surface area contributed by atoms with E-state index in [1.165, 1.54) is 0 Å². The summed E-state index contributed by atoms with van der Waals surface area (Å²) >= 11 is 0. The van der Waals surface area contributed by atoms with Crippen LogP contribution in [0.1, 0.15) is 52.8 Å². The van der Waals surface area contributed by atoms with Crippen molar-refractivity contribution in [2.24, 2.45) is 13.0 Å². The number of hydrogen-bond acceptors (Lipinski definition) is 3. The van der Waals surface area contributed by atoms with Gasteiger partial charge >= 0.3 is 0 Å². The van der Waals surface area contributed by atoms with Crippen LogP contribution < -0.4 is 5.32 Å². The quantitative estimate of drug-likeness (QED) is 0.909. The van der Waals surface area contributed by atoms with E-state index in [4.69, 9.17) is 4.74 Å². The molecule has 1 aliphatic heterocycles. The first-order chi connectivity index (χ1) is 8.75. The minimum absolute atomic E-state index is 0.0589. The summed E-state index contributed by atoms with van der Waals surface area (Å²) in [5.41, 5.74) is 0.925. The molecule has 2 atom stereocenters. The Bertz CT molecular complexity index is 436. The normalized spacial score (nSPS) is 26.5. The minimum Gasteiger partial charge on any atom is -0.369 e. The third-order valence-electron chi connectivity index (χ3n) is 4.01. The molecule has 108 valence electrons. The molecule has 2 rings (SSSR count). The second-order valence-electron chi connectivity index (χ2n) is 6.78. The van der Waals surface area contributed by atoms with E-state index in [1.54, 1.807) is 0 Å². The number of imidazole rings is 1. The van der Waals surface area contributed by atoms with Gasteiger partial charge in [0, 0.05) is 19.2 Å². The zero-order valence-corrected chi connectivity index (χ0v) is 13.0. The molecule has 1 aromatic rings. The lowest BCUT2D eigenvalue weighted by molar-refractivity contribution is -0.0779. The van der Waals surface area contributed by atoms with Crippen molar-refractivity contribution in [3.8, 4) is 0 Å². The van der Waals surface area contributed by atoms with Gasteiger partial charge in [-0.05, 0) is 40.7 Å². The van der Waals surface area contributed by atoms with E-state index in [1.807, 2.05) is 17.9 Å². The van der Waals surface area contributed by atoms with Gasteiger partial charge < -0.3 is 14.6 Å². The number of hydrogen-bond donors (Lipinski definition) is 1. The van der Waals surface area contributed by atoms with Crippen LogP contribution in [-0.2, 0) is 11.8 Å². The molecular weight excluding hydrogens is 238 g/mol. The van der Waals surface area contributed by atoms with Crippen LogP contribution in [0.5, 0.6) is 0 Å². The van der Waals surface area contributed by atoms with Crippen molar-refractivity contribution < 1.29 is 4.74 Å². The van der Waals surface area contributed by atoms with E-state index < -0.39 is 0 Å². The Morgan fingerprint density at radius 3 is 2.58 bits per heavy atom. The van der Waals surface area contributed by atoms with Crippen LogP contribution in [0.3, 0.4) is 0 Å². The zero-order valence-electron chi connectivity index (χ0n) is 13.0. The lowest BCUT2D eigenvalue weighted by Gasteiger charge is -2.32. The van der Waals surface area contributed by atoms with Crippen LogP contribution in [0, 0.1) is 5.92 Å². The fourth-order valence-corrected chi connectivity index (χ4v) is 3.39. The molecule has 0 radical (unpaired) electrons. The molecule has 0 saturated carbocycles. The van der Waals surface area contributed by atoms with Crippen molar-refractivity contribution in [2.75, 3.05) is 6.54 Å². The molecule has 2 heterocycles. The van der Waals surface area contributed by atoms with E-state index in [0.29, 0.717) is 5.92 Å². The zero-order chi connectivity index (χ0) is 14.3. The molecule has 1 aliphatic rings. The molecule has 0 aliphatic carbocycles. The van der Waals surface area contributed by atoms with Gasteiger partial charge in [0.25, 0.3) is 0 Å². The van der Waals surface area contributed by atoms with Crippen molar-refractivity contribution in [2.45, 2.75) is 58.3 Å². The summed E-state index contributed by atoms with van der Waals surface area (Å²) < 4.78 is 8.24. The molecular formula is C15H27N3O. The lowest BCUT2D eigenvalue weighted by Crippen LogP contribution is -2.38. The fourth-order valence-electron chi connectivity index (χ4n) is 3.39. The van der Waals surface area contributed by atoms with E-state index in [9.17, 15) is 0 Å². The van der Waals surface area contributed by atoms with Crippen LogP contribution in [0.4, 0.5) is 0 Å². The first-order valence-corrected chi connectivity index (χ1v) is 7.16. The molecule has 4 heteroatoms. The Morgan fingerprint density at radius 2 is 2.16 bits per heavy atom. The first kappa shape index (κ1) is 14.5. The monoisotopic (exact) mass is 265 g/mol. The van der Waals surface area contributed by atoms with E-state index in [2.05, 4.69) is 51.1 Å². The summed E-state index contributed by atoms with van der Waals surface area (Å²) in [6.07, 6.45) is 5.02. The summed E-state index contributed by atoms with van der Waals surface area (Å²) in [6.45, 7) is 11.8. The number of ether oxygens (including phenoxy) is 1. The predicted molar refractivity (Wildman–Crippen MR) is 77.0 cm³/mol. The Hall–Kier alpha value is -0.870. The maximum absolute atomic E-state index is 6.23. The minimum atomic E-state index is -0.131. The van der Waals surface area contributed by atoms with Crippen molar-refractivity contribution in [3.05, 3.63) is 18.2 Å². The highest BCUT2D eigenvalue weighted by Crippen LogP contribution is 2.47. The number of aryl methyl sites for hydroxylation is 1. The van der Waals surface area contributed by atoms with Gasteiger partial charge in [0.15, 0.2) is 0 Å². The first-order valence-electron chi connectivity index (χ1n) is 7.16. The molecule has 1 aromatic heterocycles. The van der Waals surface area contributed by atoms with Gasteiger partial charge in [-0.25, -0.2) is 4.98 Å². The molecule has 19 heavy (non-hydrogen) atoms. The lowest BCUT2D eigenvalue weighted by atomic mass is 9.80. The van der Waals surface area contributed by atoms with Crippen molar-refractivity contribution in [1.29, 1.82) is 0 Å². The third kappa shape index (κ3) is 3.00. The average molecular weight is 265 g/mol. The molecule has 1 saturated heterocycles. The Kier molecular flexibility index (Phi) is 3.76. The Morgan fingerprint density at radius 1 is 1.47 bits per heavy atom. The molecule has 0 spiro atoms. The number of rotatable bonds is 4. The largest absolute Gasteiger partial charge is 0.369 e. The van der Waals surface area contributed by atoms with Crippen molar-refractivity contribution in [1.82, 2.24) is 14.9 Å². The molecule has 1 N–H and O–H groups in total. The number of aromatic nitrogens is 2. The van der Waals surface area contributed by atoms with E-state index in [-0.39, 0.29) is 17.2 Å². The summed E-state index contributed by atoms with van der Waals surface area (Å²) in [5.74, 6) is 0.428. The highest BCUT2D eigenvalue weighted by molar-refractivity contribution is 5.11. The maximum Gasteiger partial charge on any atom is 0.0947 e. The predicted octanol–water partition coefficient (Wildman–Crippen LogP) is 2.66. The van der Waals surface area contributed by atoms with Crippen LogP contribution >= 0.6 is 0 Å². The molecule has 4 nitrogen and oxygen atoms in total. The van der Waals surface area contributed by atoms with Gasteiger partial charge in [-0.1, -0.05) is 6.92 Å². The van der Waals surface area contributed by atoms with Crippen LogP contribution in [-0.4, -0.2) is 27.3 Å². The fraction of sp³-hybridized carbons (Fsp3) is 0.800. The van der Waals surface area contributed by atoms with Gasteiger partial charge in [0.1, 0.15) is 0 Å². The standard InChI is InChI=1S/C15H27N3O/c1-7-16-13(12-9-18(6)10-17-12)11-8-14(2,3)19-15(11,4)5/h9-11,13,16H,7-8H2,1-6H3. The molecule has 2 unspecified atom stereocenters. The highest BCUT2D eigenvalue weighted by Gasteiger charge is 2.49.